The van der Waals surface area contributed by atoms with Gasteiger partial charge in [-0.3, -0.25) is 0 Å². The number of hydrogen-bond donors (Lipinski definition) is 1. The fourth-order valence-electron chi connectivity index (χ4n) is 2.14. The first-order valence-corrected chi connectivity index (χ1v) is 8.36. The third kappa shape index (κ3) is 3.68. The summed E-state index contributed by atoms with van der Waals surface area (Å²) >= 11 is 5.33. The summed E-state index contributed by atoms with van der Waals surface area (Å²) in [7, 11) is 0. The highest BCUT2D eigenvalue weighted by molar-refractivity contribution is 9.10. The van der Waals surface area contributed by atoms with Crippen LogP contribution in [0.1, 0.15) is 48.7 Å². The number of halogens is 1. The predicted octanol–water partition coefficient (Wildman–Crippen LogP) is 5.33. The van der Waals surface area contributed by atoms with Crippen LogP contribution in [0.4, 0.5) is 0 Å². The Labute approximate surface area is 128 Å². The molecule has 0 radical (unpaired) electrons. The Hall–Kier alpha value is -0.640. The lowest BCUT2D eigenvalue weighted by Crippen LogP contribution is -2.21. The SMILES string of the molecule is CCNC(c1ccc(C(C)C)cc1)c1cc(Br)cs1. The summed E-state index contributed by atoms with van der Waals surface area (Å²) in [5.74, 6) is 0.586. The monoisotopic (exact) mass is 337 g/mol. The molecule has 0 amide bonds. The van der Waals surface area contributed by atoms with Crippen molar-refractivity contribution in [3.05, 3.63) is 56.2 Å². The van der Waals surface area contributed by atoms with Gasteiger partial charge in [0, 0.05) is 14.7 Å². The van der Waals surface area contributed by atoms with Crippen LogP contribution in [0.3, 0.4) is 0 Å². The molecule has 1 N–H and O–H groups in total. The molecular formula is C16H20BrNS. The van der Waals surface area contributed by atoms with Crippen LogP contribution in [-0.2, 0) is 0 Å². The average Bonchev–Trinajstić information content (AvgIpc) is 2.82. The van der Waals surface area contributed by atoms with Crippen LogP contribution >= 0.6 is 27.3 Å². The third-order valence-electron chi connectivity index (χ3n) is 3.22. The van der Waals surface area contributed by atoms with Gasteiger partial charge in [-0.15, -0.1) is 11.3 Å². The summed E-state index contributed by atoms with van der Waals surface area (Å²) < 4.78 is 1.16. The van der Waals surface area contributed by atoms with Crippen molar-refractivity contribution < 1.29 is 0 Å². The van der Waals surface area contributed by atoms with Gasteiger partial charge in [-0.2, -0.15) is 0 Å². The van der Waals surface area contributed by atoms with Gasteiger partial charge in [0.05, 0.1) is 6.04 Å². The van der Waals surface area contributed by atoms with E-state index < -0.39 is 0 Å². The maximum Gasteiger partial charge on any atom is 0.0671 e. The van der Waals surface area contributed by atoms with Crippen molar-refractivity contribution >= 4 is 27.3 Å². The quantitative estimate of drug-likeness (QED) is 0.777. The molecule has 2 aromatic rings. The maximum absolute atomic E-state index is 3.57. The van der Waals surface area contributed by atoms with Crippen molar-refractivity contribution in [3.8, 4) is 0 Å². The minimum absolute atomic E-state index is 0.294. The van der Waals surface area contributed by atoms with E-state index in [9.17, 15) is 0 Å². The van der Waals surface area contributed by atoms with Gasteiger partial charge in [0.2, 0.25) is 0 Å². The van der Waals surface area contributed by atoms with Crippen molar-refractivity contribution in [1.29, 1.82) is 0 Å². The molecule has 0 bridgehead atoms. The molecule has 3 heteroatoms. The zero-order valence-corrected chi connectivity index (χ0v) is 14.0. The van der Waals surface area contributed by atoms with Crippen LogP contribution in [0, 0.1) is 0 Å². The number of rotatable bonds is 5. The summed E-state index contributed by atoms with van der Waals surface area (Å²) in [6, 6.07) is 11.5. The molecular weight excluding hydrogens is 318 g/mol. The molecule has 1 unspecified atom stereocenters. The first-order chi connectivity index (χ1) is 9.11. The summed E-state index contributed by atoms with van der Waals surface area (Å²) in [5.41, 5.74) is 2.73. The molecule has 0 aliphatic carbocycles. The van der Waals surface area contributed by atoms with Gasteiger partial charge in [0.1, 0.15) is 0 Å². The van der Waals surface area contributed by atoms with Gasteiger partial charge in [-0.1, -0.05) is 45.0 Å². The fourth-order valence-corrected chi connectivity index (χ4v) is 3.69. The van der Waals surface area contributed by atoms with Crippen molar-refractivity contribution in [2.45, 2.75) is 32.7 Å². The molecule has 1 aromatic heterocycles. The van der Waals surface area contributed by atoms with Crippen molar-refractivity contribution in [2.24, 2.45) is 0 Å². The Balaban J connectivity index is 2.28. The average molecular weight is 338 g/mol. The van der Waals surface area contributed by atoms with Gasteiger partial charge in [-0.05, 0) is 45.6 Å². The van der Waals surface area contributed by atoms with Crippen LogP contribution in [0.5, 0.6) is 0 Å². The predicted molar refractivity (Wildman–Crippen MR) is 88.1 cm³/mol. The fraction of sp³-hybridized carbons (Fsp3) is 0.375. The van der Waals surface area contributed by atoms with E-state index in [1.54, 1.807) is 11.3 Å². The van der Waals surface area contributed by atoms with E-state index >= 15 is 0 Å². The van der Waals surface area contributed by atoms with E-state index in [1.165, 1.54) is 16.0 Å². The second-order valence-corrected chi connectivity index (χ2v) is 6.84. The molecule has 0 saturated carbocycles. The molecule has 0 spiro atoms. The molecule has 0 saturated heterocycles. The summed E-state index contributed by atoms with van der Waals surface area (Å²) in [6.45, 7) is 7.57. The molecule has 0 aliphatic heterocycles. The minimum atomic E-state index is 0.294. The van der Waals surface area contributed by atoms with E-state index in [2.05, 4.69) is 77.7 Å². The summed E-state index contributed by atoms with van der Waals surface area (Å²) in [5, 5.41) is 5.71. The zero-order valence-electron chi connectivity index (χ0n) is 11.6. The van der Waals surface area contributed by atoms with Crippen molar-refractivity contribution in [2.75, 3.05) is 6.54 Å². The highest BCUT2D eigenvalue weighted by Gasteiger charge is 2.15. The van der Waals surface area contributed by atoms with Gasteiger partial charge >= 0.3 is 0 Å². The van der Waals surface area contributed by atoms with Gasteiger partial charge in [-0.25, -0.2) is 0 Å². The smallest absolute Gasteiger partial charge is 0.0671 e. The lowest BCUT2D eigenvalue weighted by Gasteiger charge is -2.18. The van der Waals surface area contributed by atoms with Gasteiger partial charge in [0.15, 0.2) is 0 Å². The van der Waals surface area contributed by atoms with Crippen molar-refractivity contribution in [1.82, 2.24) is 5.32 Å². The highest BCUT2D eigenvalue weighted by Crippen LogP contribution is 2.30. The Bertz CT molecular complexity index is 516. The lowest BCUT2D eigenvalue weighted by molar-refractivity contribution is 0.639. The minimum Gasteiger partial charge on any atom is -0.306 e. The van der Waals surface area contributed by atoms with Crippen LogP contribution < -0.4 is 5.32 Å². The first-order valence-electron chi connectivity index (χ1n) is 6.69. The van der Waals surface area contributed by atoms with Crippen LogP contribution in [-0.4, -0.2) is 6.54 Å². The summed E-state index contributed by atoms with van der Waals surface area (Å²) in [4.78, 5) is 1.35. The van der Waals surface area contributed by atoms with E-state index in [1.807, 2.05) is 0 Å². The third-order valence-corrected chi connectivity index (χ3v) is 4.98. The maximum atomic E-state index is 3.57. The number of benzene rings is 1. The highest BCUT2D eigenvalue weighted by atomic mass is 79.9. The largest absolute Gasteiger partial charge is 0.306 e. The Kier molecular flexibility index (Phi) is 5.20. The molecule has 19 heavy (non-hydrogen) atoms. The van der Waals surface area contributed by atoms with E-state index in [0.29, 0.717) is 12.0 Å². The van der Waals surface area contributed by atoms with Gasteiger partial charge in [0.25, 0.3) is 0 Å². The van der Waals surface area contributed by atoms with Crippen LogP contribution in [0.25, 0.3) is 0 Å². The van der Waals surface area contributed by atoms with Crippen LogP contribution in [0.2, 0.25) is 0 Å². The van der Waals surface area contributed by atoms with Gasteiger partial charge < -0.3 is 5.32 Å². The molecule has 1 nitrogen and oxygen atoms in total. The molecule has 0 aliphatic rings. The number of hydrogen-bond acceptors (Lipinski definition) is 2. The number of thiophene rings is 1. The standard InChI is InChI=1S/C16H20BrNS/c1-4-18-16(15-9-14(17)10-19-15)13-7-5-12(6-8-13)11(2)3/h5-11,16,18H,4H2,1-3H3. The lowest BCUT2D eigenvalue weighted by atomic mass is 9.98. The molecule has 2 rings (SSSR count). The molecule has 1 aromatic carbocycles. The Morgan fingerprint density at radius 3 is 2.26 bits per heavy atom. The Morgan fingerprint density at radius 1 is 1.16 bits per heavy atom. The first kappa shape index (κ1) is 14.8. The topological polar surface area (TPSA) is 12.0 Å². The zero-order chi connectivity index (χ0) is 13.8. The van der Waals surface area contributed by atoms with E-state index in [0.717, 1.165) is 11.0 Å². The molecule has 1 atom stereocenters. The number of nitrogens with one attached hydrogen (secondary N) is 1. The van der Waals surface area contributed by atoms with Crippen LogP contribution in [0.15, 0.2) is 40.2 Å². The molecule has 1 heterocycles. The molecule has 0 fully saturated rings. The summed E-state index contributed by atoms with van der Waals surface area (Å²) in [6.07, 6.45) is 0. The van der Waals surface area contributed by atoms with Crippen molar-refractivity contribution in [3.63, 3.8) is 0 Å². The van der Waals surface area contributed by atoms with E-state index in [-0.39, 0.29) is 0 Å². The second kappa shape index (κ2) is 6.69. The Morgan fingerprint density at radius 2 is 1.79 bits per heavy atom. The van der Waals surface area contributed by atoms with E-state index in [4.69, 9.17) is 0 Å². The second-order valence-electron chi connectivity index (χ2n) is 4.98. The normalized spacial score (nSPS) is 12.9. The molecule has 102 valence electrons.